The van der Waals surface area contributed by atoms with Crippen LogP contribution in [0.3, 0.4) is 0 Å². The lowest BCUT2D eigenvalue weighted by Crippen LogP contribution is -2.30. The molecule has 3 fully saturated rings. The molecule has 0 amide bonds. The monoisotopic (exact) mass is 322 g/mol. The highest BCUT2D eigenvalue weighted by atomic mass is 79.9. The zero-order chi connectivity index (χ0) is 13.1. The molecular weight excluding hydrogens is 312 g/mol. The van der Waals surface area contributed by atoms with Gasteiger partial charge in [0.1, 0.15) is 0 Å². The van der Waals surface area contributed by atoms with E-state index in [9.17, 15) is 9.59 Å². The van der Waals surface area contributed by atoms with E-state index in [0.29, 0.717) is 12.2 Å². The molecule has 1 aromatic rings. The minimum Gasteiger partial charge on any atom is -0.343 e. The molecule has 0 radical (unpaired) electrons. The fourth-order valence-electron chi connectivity index (χ4n) is 3.24. The van der Waals surface area contributed by atoms with Crippen LogP contribution in [0.5, 0.6) is 0 Å². The molecule has 2 bridgehead atoms. The molecule has 98 valence electrons. The average Bonchev–Trinajstić information content (AvgIpc) is 3.02. The number of hydrogen-bond acceptors (Lipinski definition) is 4. The van der Waals surface area contributed by atoms with Gasteiger partial charge in [-0.15, -0.1) is 0 Å². The van der Waals surface area contributed by atoms with Crippen molar-refractivity contribution in [3.8, 4) is 0 Å². The van der Waals surface area contributed by atoms with Crippen LogP contribution in [0.4, 0.5) is 0 Å². The Morgan fingerprint density at radius 1 is 1.26 bits per heavy atom. The Hall–Kier alpha value is -1.04. The van der Waals surface area contributed by atoms with Gasteiger partial charge in [0.25, 0.3) is 0 Å². The van der Waals surface area contributed by atoms with Crippen LogP contribution in [0.1, 0.15) is 10.4 Å². The van der Waals surface area contributed by atoms with Crippen molar-refractivity contribution in [1.82, 2.24) is 0 Å². The molecule has 2 aliphatic heterocycles. The third-order valence-corrected chi connectivity index (χ3v) is 4.74. The number of ketones is 2. The number of benzene rings is 1. The summed E-state index contributed by atoms with van der Waals surface area (Å²) in [5, 5.41) is 0. The number of fused-ring (bicyclic) bond motifs is 4. The number of carbonyl (C=O) groups excluding carboxylic acids is 2. The molecule has 0 N–H and O–H groups in total. The number of rotatable bonds is 2. The maximum absolute atomic E-state index is 12.4. The second-order valence-corrected chi connectivity index (χ2v) is 6.16. The zero-order valence-corrected chi connectivity index (χ0v) is 11.5. The Bertz CT molecular complexity index is 567. The van der Waals surface area contributed by atoms with Gasteiger partial charge in [-0.3, -0.25) is 9.59 Å². The molecule has 0 unspecified atom stereocenters. The van der Waals surface area contributed by atoms with Crippen molar-refractivity contribution in [1.29, 1.82) is 0 Å². The fourth-order valence-corrected chi connectivity index (χ4v) is 3.50. The van der Waals surface area contributed by atoms with Crippen LogP contribution in [0.2, 0.25) is 0 Å². The minimum absolute atomic E-state index is 0.0161. The highest BCUT2D eigenvalue weighted by Crippen LogP contribution is 2.57. The zero-order valence-electron chi connectivity index (χ0n) is 9.91. The first-order valence-electron chi connectivity index (χ1n) is 6.27. The minimum atomic E-state index is -0.728. The molecular formula is C14H11BrO4. The van der Waals surface area contributed by atoms with E-state index in [4.69, 9.17) is 9.47 Å². The van der Waals surface area contributed by atoms with E-state index >= 15 is 0 Å². The Balaban J connectivity index is 1.60. The summed E-state index contributed by atoms with van der Waals surface area (Å²) >= 11 is 3.34. The van der Waals surface area contributed by atoms with Gasteiger partial charge in [0.2, 0.25) is 6.29 Å². The van der Waals surface area contributed by atoms with Crippen LogP contribution in [-0.4, -0.2) is 30.6 Å². The summed E-state index contributed by atoms with van der Waals surface area (Å²) < 4.78 is 11.7. The van der Waals surface area contributed by atoms with E-state index in [2.05, 4.69) is 15.9 Å². The Kier molecular flexibility index (Phi) is 2.46. The first kappa shape index (κ1) is 11.8. The average molecular weight is 323 g/mol. The Labute approximate surface area is 118 Å². The van der Waals surface area contributed by atoms with Gasteiger partial charge in [-0.05, 0) is 12.1 Å². The van der Waals surface area contributed by atoms with Crippen molar-refractivity contribution in [3.63, 3.8) is 0 Å². The van der Waals surface area contributed by atoms with Crippen LogP contribution >= 0.6 is 15.9 Å². The summed E-state index contributed by atoms with van der Waals surface area (Å²) in [6.45, 7) is 0.432. The largest absolute Gasteiger partial charge is 0.343 e. The molecule has 2 heterocycles. The molecule has 4 rings (SSSR count). The molecule has 5 heteroatoms. The quantitative estimate of drug-likeness (QED) is 0.779. The van der Waals surface area contributed by atoms with Crippen LogP contribution in [0, 0.1) is 17.8 Å². The van der Waals surface area contributed by atoms with E-state index in [1.165, 1.54) is 0 Å². The van der Waals surface area contributed by atoms with Crippen molar-refractivity contribution in [2.75, 3.05) is 6.61 Å². The van der Waals surface area contributed by atoms with Gasteiger partial charge in [-0.2, -0.15) is 0 Å². The summed E-state index contributed by atoms with van der Waals surface area (Å²) in [6, 6.07) is 7.26. The van der Waals surface area contributed by atoms with Crippen molar-refractivity contribution in [2.45, 2.75) is 12.4 Å². The summed E-state index contributed by atoms with van der Waals surface area (Å²) in [6.07, 6.45) is -0.814. The fraction of sp³-hybridized carbons (Fsp3) is 0.429. The second kappa shape index (κ2) is 3.98. The second-order valence-electron chi connectivity index (χ2n) is 5.24. The van der Waals surface area contributed by atoms with E-state index < -0.39 is 6.29 Å². The van der Waals surface area contributed by atoms with Crippen LogP contribution in [-0.2, 0) is 14.3 Å². The van der Waals surface area contributed by atoms with Crippen molar-refractivity contribution >= 4 is 27.5 Å². The van der Waals surface area contributed by atoms with Gasteiger partial charge in [-0.25, -0.2) is 0 Å². The first-order valence-corrected chi connectivity index (χ1v) is 7.06. The summed E-state index contributed by atoms with van der Waals surface area (Å²) in [7, 11) is 0. The van der Waals surface area contributed by atoms with E-state index in [0.717, 1.165) is 4.47 Å². The van der Waals surface area contributed by atoms with Gasteiger partial charge < -0.3 is 9.47 Å². The third kappa shape index (κ3) is 1.65. The Morgan fingerprint density at radius 3 is 2.74 bits per heavy atom. The molecule has 1 saturated carbocycles. The van der Waals surface area contributed by atoms with Crippen LogP contribution in [0.25, 0.3) is 0 Å². The lowest BCUT2D eigenvalue weighted by Gasteiger charge is -2.14. The molecule has 19 heavy (non-hydrogen) atoms. The van der Waals surface area contributed by atoms with Gasteiger partial charge in [0, 0.05) is 27.8 Å². The summed E-state index contributed by atoms with van der Waals surface area (Å²) in [4.78, 5) is 24.5. The summed E-state index contributed by atoms with van der Waals surface area (Å²) in [5.74, 6) is -0.404. The molecule has 4 nitrogen and oxygen atoms in total. The van der Waals surface area contributed by atoms with Crippen molar-refractivity contribution in [3.05, 3.63) is 34.3 Å². The van der Waals surface area contributed by atoms with Crippen molar-refractivity contribution < 1.29 is 19.1 Å². The number of Topliss-reactive ketones (excluding diaryl/α,β-unsaturated/α-hetero) is 2. The SMILES string of the molecule is O=C(c1ccc(Br)cc1)[C@@H]1[C@H]2C(=O)[C@@H]3OC[C@H](O3)[C@@H]12. The molecule has 0 spiro atoms. The van der Waals surface area contributed by atoms with Crippen molar-refractivity contribution in [2.24, 2.45) is 17.8 Å². The maximum Gasteiger partial charge on any atom is 0.218 e. The number of hydrogen-bond donors (Lipinski definition) is 0. The lowest BCUT2D eigenvalue weighted by atomic mass is 10.0. The Morgan fingerprint density at radius 2 is 2.00 bits per heavy atom. The van der Waals surface area contributed by atoms with Gasteiger partial charge >= 0.3 is 0 Å². The molecule has 1 aromatic carbocycles. The molecule has 2 saturated heterocycles. The highest BCUT2D eigenvalue weighted by molar-refractivity contribution is 9.10. The summed E-state index contributed by atoms with van der Waals surface area (Å²) in [5.41, 5.74) is 0.659. The predicted octanol–water partition coefficient (Wildman–Crippen LogP) is 1.82. The topological polar surface area (TPSA) is 52.6 Å². The number of ether oxygens (including phenoxy) is 2. The lowest BCUT2D eigenvalue weighted by molar-refractivity contribution is -0.153. The highest BCUT2D eigenvalue weighted by Gasteiger charge is 2.68. The van der Waals surface area contributed by atoms with Gasteiger partial charge in [0.15, 0.2) is 11.6 Å². The van der Waals surface area contributed by atoms with Crippen LogP contribution in [0.15, 0.2) is 28.7 Å². The standard InChI is InChI=1S/C14H11BrO4/c15-7-3-1-6(2-4-7)12(16)10-9-8-5-18-14(19-8)13(17)11(9)10/h1-4,8-11,14H,5H2/t8-,9-,10-,11-,14+/m0/s1. The number of halogens is 1. The third-order valence-electron chi connectivity index (χ3n) is 4.21. The smallest absolute Gasteiger partial charge is 0.218 e. The number of carbonyl (C=O) groups is 2. The van der Waals surface area contributed by atoms with Gasteiger partial charge in [-0.1, -0.05) is 28.1 Å². The first-order chi connectivity index (χ1) is 9.16. The van der Waals surface area contributed by atoms with Crippen LogP contribution < -0.4 is 0 Å². The van der Waals surface area contributed by atoms with E-state index in [-0.39, 0.29) is 35.4 Å². The molecule has 5 atom stereocenters. The maximum atomic E-state index is 12.4. The van der Waals surface area contributed by atoms with E-state index in [1.807, 2.05) is 12.1 Å². The molecule has 0 aromatic heterocycles. The normalized spacial score (nSPS) is 39.0. The van der Waals surface area contributed by atoms with E-state index in [1.54, 1.807) is 12.1 Å². The predicted molar refractivity (Wildman–Crippen MR) is 68.6 cm³/mol. The van der Waals surface area contributed by atoms with Gasteiger partial charge in [0.05, 0.1) is 12.7 Å². The molecule has 3 aliphatic rings. The molecule has 1 aliphatic carbocycles.